The standard InChI is InChI=1S/C20H19N/c1-16-11-12-18(15-16)20-10-6-5-7-17(20)13-14-21-19-8-3-2-4-9-19/h2-12,14-15,18H,13H2,1H3. The predicted octanol–water partition coefficient (Wildman–Crippen LogP) is 5.23. The lowest BCUT2D eigenvalue weighted by atomic mass is 9.94. The third-order valence-electron chi connectivity index (χ3n) is 3.73. The lowest BCUT2D eigenvalue weighted by Gasteiger charge is -2.11. The van der Waals surface area contributed by atoms with Gasteiger partial charge in [-0.1, -0.05) is 66.3 Å². The number of aliphatic imine (C=N–C) groups is 1. The zero-order valence-electron chi connectivity index (χ0n) is 12.2. The molecule has 0 aliphatic heterocycles. The average molecular weight is 273 g/mol. The van der Waals surface area contributed by atoms with Gasteiger partial charge in [0.2, 0.25) is 0 Å². The van der Waals surface area contributed by atoms with Crippen LogP contribution < -0.4 is 0 Å². The van der Waals surface area contributed by atoms with Crippen LogP contribution in [0.1, 0.15) is 24.0 Å². The molecule has 0 saturated carbocycles. The zero-order chi connectivity index (χ0) is 14.5. The molecule has 0 amide bonds. The first kappa shape index (κ1) is 13.6. The smallest absolute Gasteiger partial charge is 0.0625 e. The highest BCUT2D eigenvalue weighted by atomic mass is 14.7. The van der Waals surface area contributed by atoms with Gasteiger partial charge in [0.1, 0.15) is 0 Å². The number of rotatable bonds is 4. The van der Waals surface area contributed by atoms with Crippen molar-refractivity contribution in [2.24, 2.45) is 4.99 Å². The minimum absolute atomic E-state index is 0.409. The van der Waals surface area contributed by atoms with Crippen molar-refractivity contribution in [1.29, 1.82) is 0 Å². The lowest BCUT2D eigenvalue weighted by molar-refractivity contribution is 1.06. The van der Waals surface area contributed by atoms with E-state index in [9.17, 15) is 0 Å². The molecule has 1 aliphatic rings. The molecular formula is C20H19N. The summed E-state index contributed by atoms with van der Waals surface area (Å²) >= 11 is 0. The fourth-order valence-corrected chi connectivity index (χ4v) is 2.65. The van der Waals surface area contributed by atoms with E-state index in [-0.39, 0.29) is 0 Å². The Labute approximate surface area is 126 Å². The molecule has 2 aromatic rings. The Balaban J connectivity index is 1.77. The van der Waals surface area contributed by atoms with Crippen LogP contribution in [0, 0.1) is 0 Å². The van der Waals surface area contributed by atoms with Crippen LogP contribution in [-0.2, 0) is 6.42 Å². The summed E-state index contributed by atoms with van der Waals surface area (Å²) in [5, 5.41) is 0. The molecule has 0 heterocycles. The minimum atomic E-state index is 0.409. The van der Waals surface area contributed by atoms with E-state index in [0.717, 1.165) is 12.1 Å². The summed E-state index contributed by atoms with van der Waals surface area (Å²) in [6.07, 6.45) is 9.64. The molecule has 21 heavy (non-hydrogen) atoms. The summed E-state index contributed by atoms with van der Waals surface area (Å²) in [7, 11) is 0. The fourth-order valence-electron chi connectivity index (χ4n) is 2.65. The van der Waals surface area contributed by atoms with E-state index in [4.69, 9.17) is 0 Å². The highest BCUT2D eigenvalue weighted by molar-refractivity contribution is 5.67. The third kappa shape index (κ3) is 3.38. The predicted molar refractivity (Wildman–Crippen MR) is 90.4 cm³/mol. The van der Waals surface area contributed by atoms with Crippen molar-refractivity contribution in [3.8, 4) is 0 Å². The first-order chi connectivity index (χ1) is 10.3. The quantitative estimate of drug-likeness (QED) is 0.676. The molecule has 0 spiro atoms. The monoisotopic (exact) mass is 273 g/mol. The van der Waals surface area contributed by atoms with Crippen molar-refractivity contribution in [1.82, 2.24) is 0 Å². The van der Waals surface area contributed by atoms with Crippen molar-refractivity contribution in [3.63, 3.8) is 0 Å². The molecular weight excluding hydrogens is 254 g/mol. The van der Waals surface area contributed by atoms with E-state index in [2.05, 4.69) is 54.4 Å². The topological polar surface area (TPSA) is 12.4 Å². The fraction of sp³-hybridized carbons (Fsp3) is 0.150. The number of hydrogen-bond acceptors (Lipinski definition) is 1. The van der Waals surface area contributed by atoms with E-state index >= 15 is 0 Å². The van der Waals surface area contributed by atoms with Gasteiger partial charge >= 0.3 is 0 Å². The summed E-state index contributed by atoms with van der Waals surface area (Å²) in [6, 6.07) is 18.7. The van der Waals surface area contributed by atoms with Gasteiger partial charge < -0.3 is 0 Å². The number of para-hydroxylation sites is 1. The highest BCUT2D eigenvalue weighted by Gasteiger charge is 2.12. The Kier molecular flexibility index (Phi) is 4.11. The second kappa shape index (κ2) is 6.36. The molecule has 0 N–H and O–H groups in total. The maximum atomic E-state index is 4.53. The molecule has 104 valence electrons. The average Bonchev–Trinajstić information content (AvgIpc) is 2.95. The maximum absolute atomic E-state index is 4.53. The van der Waals surface area contributed by atoms with Crippen LogP contribution >= 0.6 is 0 Å². The van der Waals surface area contributed by atoms with Crippen molar-refractivity contribution < 1.29 is 0 Å². The number of hydrogen-bond donors (Lipinski definition) is 0. The molecule has 0 radical (unpaired) electrons. The van der Waals surface area contributed by atoms with Gasteiger partial charge in [-0.3, -0.25) is 4.99 Å². The molecule has 0 aromatic heterocycles. The Bertz CT molecular complexity index is 693. The van der Waals surface area contributed by atoms with Gasteiger partial charge in [-0.25, -0.2) is 0 Å². The molecule has 0 fully saturated rings. The SMILES string of the molecule is CC1=CC(c2ccccc2CC=Nc2ccccc2)C=C1. The van der Waals surface area contributed by atoms with E-state index in [1.54, 1.807) is 0 Å². The molecule has 1 heteroatoms. The highest BCUT2D eigenvalue weighted by Crippen LogP contribution is 2.28. The van der Waals surface area contributed by atoms with Crippen LogP contribution in [0.15, 0.2) is 83.4 Å². The molecule has 0 saturated heterocycles. The Morgan fingerprint density at radius 3 is 2.52 bits per heavy atom. The number of allylic oxidation sites excluding steroid dienone is 4. The molecule has 3 rings (SSSR count). The van der Waals surface area contributed by atoms with Crippen LogP contribution in [0.2, 0.25) is 0 Å². The van der Waals surface area contributed by atoms with Gasteiger partial charge in [0, 0.05) is 18.6 Å². The largest absolute Gasteiger partial charge is 0.261 e. The first-order valence-electron chi connectivity index (χ1n) is 7.35. The number of nitrogens with zero attached hydrogens (tertiary/aromatic N) is 1. The van der Waals surface area contributed by atoms with Crippen molar-refractivity contribution in [2.75, 3.05) is 0 Å². The summed E-state index contributed by atoms with van der Waals surface area (Å²) in [5.74, 6) is 0.409. The maximum Gasteiger partial charge on any atom is 0.0625 e. The molecule has 0 bridgehead atoms. The van der Waals surface area contributed by atoms with Crippen LogP contribution in [0.3, 0.4) is 0 Å². The molecule has 2 aromatic carbocycles. The zero-order valence-corrected chi connectivity index (χ0v) is 12.2. The lowest BCUT2D eigenvalue weighted by Crippen LogP contribution is -1.97. The first-order valence-corrected chi connectivity index (χ1v) is 7.35. The van der Waals surface area contributed by atoms with E-state index < -0.39 is 0 Å². The summed E-state index contributed by atoms with van der Waals surface area (Å²) in [4.78, 5) is 4.53. The molecule has 1 atom stereocenters. The van der Waals surface area contributed by atoms with E-state index in [1.807, 2.05) is 36.5 Å². The van der Waals surface area contributed by atoms with E-state index in [0.29, 0.717) is 5.92 Å². The van der Waals surface area contributed by atoms with Crippen LogP contribution in [-0.4, -0.2) is 6.21 Å². The second-order valence-corrected chi connectivity index (χ2v) is 5.35. The van der Waals surface area contributed by atoms with Crippen molar-refractivity contribution in [2.45, 2.75) is 19.3 Å². The van der Waals surface area contributed by atoms with Gasteiger partial charge in [-0.05, 0) is 30.2 Å². The normalized spacial score (nSPS) is 17.4. The van der Waals surface area contributed by atoms with Crippen LogP contribution in [0.5, 0.6) is 0 Å². The van der Waals surface area contributed by atoms with Crippen molar-refractivity contribution in [3.05, 3.63) is 89.5 Å². The summed E-state index contributed by atoms with van der Waals surface area (Å²) in [5.41, 5.74) is 5.07. The van der Waals surface area contributed by atoms with Crippen molar-refractivity contribution >= 4 is 11.9 Å². The van der Waals surface area contributed by atoms with Gasteiger partial charge in [-0.2, -0.15) is 0 Å². The summed E-state index contributed by atoms with van der Waals surface area (Å²) in [6.45, 7) is 2.15. The third-order valence-corrected chi connectivity index (χ3v) is 3.73. The van der Waals surface area contributed by atoms with Gasteiger partial charge in [0.25, 0.3) is 0 Å². The van der Waals surface area contributed by atoms with Crippen LogP contribution in [0.25, 0.3) is 0 Å². The minimum Gasteiger partial charge on any atom is -0.261 e. The van der Waals surface area contributed by atoms with Gasteiger partial charge in [-0.15, -0.1) is 0 Å². The van der Waals surface area contributed by atoms with Gasteiger partial charge in [0.05, 0.1) is 5.69 Å². The van der Waals surface area contributed by atoms with E-state index in [1.165, 1.54) is 16.7 Å². The molecule has 1 unspecified atom stereocenters. The Morgan fingerprint density at radius 1 is 1.00 bits per heavy atom. The van der Waals surface area contributed by atoms with Crippen LogP contribution in [0.4, 0.5) is 5.69 Å². The second-order valence-electron chi connectivity index (χ2n) is 5.35. The van der Waals surface area contributed by atoms with Gasteiger partial charge in [0.15, 0.2) is 0 Å². The number of benzene rings is 2. The Hall–Kier alpha value is -2.41. The molecule has 1 aliphatic carbocycles. The Morgan fingerprint density at radius 2 is 1.76 bits per heavy atom. The molecule has 1 nitrogen and oxygen atoms in total. The summed E-state index contributed by atoms with van der Waals surface area (Å²) < 4.78 is 0.